The molecule has 0 unspecified atom stereocenters. The minimum Gasteiger partial charge on any atom is -0.456 e. The highest BCUT2D eigenvalue weighted by molar-refractivity contribution is 6.05. The molecule has 0 atom stereocenters. The fourth-order valence-corrected chi connectivity index (χ4v) is 2.01. The van der Waals surface area contributed by atoms with E-state index < -0.39 is 0 Å². The Bertz CT molecular complexity index is 861. The maximum absolute atomic E-state index is 8.17. The summed E-state index contributed by atoms with van der Waals surface area (Å²) in [7, 11) is 0. The number of benzene rings is 2. The number of para-hydroxylation sites is 1. The molecule has 1 aromatic heterocycles. The second-order valence-corrected chi connectivity index (χ2v) is 4.00. The van der Waals surface area contributed by atoms with E-state index >= 15 is 0 Å². The van der Waals surface area contributed by atoms with Gasteiger partial charge in [0, 0.05) is 21.2 Å². The standard InChI is InChI=1S/C15H9N3O/c16-18-17-9-3-4-11-7-8-15-13(10-11)12-5-1-2-6-14(12)19-15/h1-2,5-8,10H,9H2. The van der Waals surface area contributed by atoms with E-state index in [1.54, 1.807) is 0 Å². The zero-order valence-corrected chi connectivity index (χ0v) is 10.00. The monoisotopic (exact) mass is 247 g/mol. The van der Waals surface area contributed by atoms with E-state index in [9.17, 15) is 0 Å². The number of furan rings is 1. The predicted molar refractivity (Wildman–Crippen MR) is 74.6 cm³/mol. The summed E-state index contributed by atoms with van der Waals surface area (Å²) < 4.78 is 5.74. The van der Waals surface area contributed by atoms with Crippen molar-refractivity contribution in [1.29, 1.82) is 0 Å². The number of rotatable bonds is 1. The van der Waals surface area contributed by atoms with Gasteiger partial charge in [0.25, 0.3) is 0 Å². The van der Waals surface area contributed by atoms with Crippen LogP contribution in [0.5, 0.6) is 0 Å². The van der Waals surface area contributed by atoms with E-state index in [4.69, 9.17) is 9.95 Å². The van der Waals surface area contributed by atoms with Crippen molar-refractivity contribution in [3.05, 3.63) is 58.5 Å². The molecule has 0 radical (unpaired) electrons. The van der Waals surface area contributed by atoms with Gasteiger partial charge in [0.2, 0.25) is 0 Å². The molecule has 0 saturated carbocycles. The van der Waals surface area contributed by atoms with Crippen LogP contribution in [0.3, 0.4) is 0 Å². The summed E-state index contributed by atoms with van der Waals surface area (Å²) in [4.78, 5) is 2.66. The van der Waals surface area contributed by atoms with Crippen molar-refractivity contribution in [3.63, 3.8) is 0 Å². The molecule has 0 bridgehead atoms. The molecule has 0 aliphatic heterocycles. The van der Waals surface area contributed by atoms with Gasteiger partial charge >= 0.3 is 0 Å². The summed E-state index contributed by atoms with van der Waals surface area (Å²) in [5.74, 6) is 5.78. The molecule has 2 aromatic carbocycles. The van der Waals surface area contributed by atoms with Crippen LogP contribution in [0.15, 0.2) is 52.0 Å². The van der Waals surface area contributed by atoms with Crippen molar-refractivity contribution in [1.82, 2.24) is 0 Å². The summed E-state index contributed by atoms with van der Waals surface area (Å²) in [6, 6.07) is 13.7. The topological polar surface area (TPSA) is 61.9 Å². The average molecular weight is 247 g/mol. The van der Waals surface area contributed by atoms with Crippen LogP contribution >= 0.6 is 0 Å². The molecule has 0 aliphatic carbocycles. The molecular weight excluding hydrogens is 238 g/mol. The third-order valence-electron chi connectivity index (χ3n) is 2.82. The van der Waals surface area contributed by atoms with Crippen LogP contribution in [-0.2, 0) is 0 Å². The highest BCUT2D eigenvalue weighted by atomic mass is 16.3. The Morgan fingerprint density at radius 3 is 2.84 bits per heavy atom. The average Bonchev–Trinajstić information content (AvgIpc) is 2.82. The van der Waals surface area contributed by atoms with Gasteiger partial charge in [-0.3, -0.25) is 0 Å². The van der Waals surface area contributed by atoms with Crippen molar-refractivity contribution >= 4 is 21.9 Å². The highest BCUT2D eigenvalue weighted by Gasteiger charge is 2.05. The molecule has 90 valence electrons. The van der Waals surface area contributed by atoms with Crippen molar-refractivity contribution in [2.45, 2.75) is 0 Å². The zero-order chi connectivity index (χ0) is 13.1. The molecule has 0 N–H and O–H groups in total. The van der Waals surface area contributed by atoms with Gasteiger partial charge in [-0.25, -0.2) is 0 Å². The Hall–Kier alpha value is -2.89. The van der Waals surface area contributed by atoms with E-state index in [-0.39, 0.29) is 6.54 Å². The first-order chi connectivity index (χ1) is 9.38. The van der Waals surface area contributed by atoms with Gasteiger partial charge in [-0.1, -0.05) is 35.2 Å². The summed E-state index contributed by atoms with van der Waals surface area (Å²) >= 11 is 0. The van der Waals surface area contributed by atoms with Crippen molar-refractivity contribution in [2.24, 2.45) is 5.11 Å². The Morgan fingerprint density at radius 2 is 1.95 bits per heavy atom. The number of fused-ring (bicyclic) bond motifs is 3. The third-order valence-corrected chi connectivity index (χ3v) is 2.82. The number of hydrogen-bond acceptors (Lipinski definition) is 2. The molecule has 0 aliphatic rings. The zero-order valence-electron chi connectivity index (χ0n) is 10.00. The fourth-order valence-electron chi connectivity index (χ4n) is 2.01. The predicted octanol–water partition coefficient (Wildman–Crippen LogP) is 4.25. The number of azide groups is 1. The van der Waals surface area contributed by atoms with Crippen LogP contribution in [0.1, 0.15) is 5.56 Å². The fraction of sp³-hybridized carbons (Fsp3) is 0.0667. The Balaban J connectivity index is 2.10. The minimum atomic E-state index is 0.181. The lowest BCUT2D eigenvalue weighted by atomic mass is 10.1. The normalized spacial score (nSPS) is 9.89. The molecule has 4 nitrogen and oxygen atoms in total. The first-order valence-corrected chi connectivity index (χ1v) is 5.79. The van der Waals surface area contributed by atoms with Crippen molar-refractivity contribution < 1.29 is 4.42 Å². The molecule has 4 heteroatoms. The van der Waals surface area contributed by atoms with Gasteiger partial charge in [0.1, 0.15) is 11.2 Å². The maximum atomic E-state index is 8.17. The molecular formula is C15H9N3O. The summed E-state index contributed by atoms with van der Waals surface area (Å²) in [6.45, 7) is 0.181. The van der Waals surface area contributed by atoms with Crippen LogP contribution in [0, 0.1) is 11.8 Å². The van der Waals surface area contributed by atoms with Crippen LogP contribution in [0.4, 0.5) is 0 Å². The van der Waals surface area contributed by atoms with E-state index in [0.717, 1.165) is 27.5 Å². The summed E-state index contributed by atoms with van der Waals surface area (Å²) in [6.07, 6.45) is 0. The quantitative estimate of drug-likeness (QED) is 0.274. The van der Waals surface area contributed by atoms with Crippen LogP contribution in [0.2, 0.25) is 0 Å². The van der Waals surface area contributed by atoms with Crippen LogP contribution in [-0.4, -0.2) is 6.54 Å². The van der Waals surface area contributed by atoms with Gasteiger partial charge in [0.05, 0.1) is 6.54 Å². The minimum absolute atomic E-state index is 0.181. The van der Waals surface area contributed by atoms with E-state index in [0.29, 0.717) is 0 Å². The molecule has 3 rings (SSSR count). The van der Waals surface area contributed by atoms with Gasteiger partial charge in [0.15, 0.2) is 0 Å². The molecule has 19 heavy (non-hydrogen) atoms. The van der Waals surface area contributed by atoms with Crippen LogP contribution < -0.4 is 0 Å². The molecule has 0 amide bonds. The lowest BCUT2D eigenvalue weighted by molar-refractivity contribution is 0.669. The van der Waals surface area contributed by atoms with E-state index in [2.05, 4.69) is 21.9 Å². The molecule has 0 spiro atoms. The number of nitrogens with zero attached hydrogens (tertiary/aromatic N) is 3. The second-order valence-electron chi connectivity index (χ2n) is 4.00. The Labute approximate surface area is 109 Å². The smallest absolute Gasteiger partial charge is 0.135 e. The van der Waals surface area contributed by atoms with Gasteiger partial charge in [-0.15, -0.1) is 0 Å². The van der Waals surface area contributed by atoms with Gasteiger partial charge in [-0.2, -0.15) is 0 Å². The Kier molecular flexibility index (Phi) is 2.82. The second kappa shape index (κ2) is 4.77. The number of hydrogen-bond donors (Lipinski definition) is 0. The van der Waals surface area contributed by atoms with Crippen LogP contribution in [0.25, 0.3) is 32.4 Å². The summed E-state index contributed by atoms with van der Waals surface area (Å²) in [5.41, 5.74) is 10.8. The third kappa shape index (κ3) is 2.11. The largest absolute Gasteiger partial charge is 0.456 e. The van der Waals surface area contributed by atoms with Crippen molar-refractivity contribution in [3.8, 4) is 11.8 Å². The molecule has 1 heterocycles. The lowest BCUT2D eigenvalue weighted by Crippen LogP contribution is -1.75. The van der Waals surface area contributed by atoms with Gasteiger partial charge in [-0.05, 0) is 29.8 Å². The SMILES string of the molecule is [N-]=[N+]=NCC#Cc1ccc2oc3ccccc3c2c1. The highest BCUT2D eigenvalue weighted by Crippen LogP contribution is 2.28. The summed E-state index contributed by atoms with van der Waals surface area (Å²) in [5, 5.41) is 5.50. The van der Waals surface area contributed by atoms with E-state index in [1.165, 1.54) is 0 Å². The Morgan fingerprint density at radius 1 is 1.11 bits per heavy atom. The molecule has 3 aromatic rings. The van der Waals surface area contributed by atoms with E-state index in [1.807, 2.05) is 42.5 Å². The first-order valence-electron chi connectivity index (χ1n) is 5.79. The van der Waals surface area contributed by atoms with Gasteiger partial charge < -0.3 is 4.42 Å². The first kappa shape index (κ1) is 11.2. The molecule has 0 saturated heterocycles. The maximum Gasteiger partial charge on any atom is 0.135 e. The lowest BCUT2D eigenvalue weighted by Gasteiger charge is -1.91. The van der Waals surface area contributed by atoms with Crippen molar-refractivity contribution in [2.75, 3.05) is 6.54 Å². The molecule has 0 fully saturated rings.